The zero-order valence-corrected chi connectivity index (χ0v) is 19.2. The van der Waals surface area contributed by atoms with Crippen molar-refractivity contribution in [3.8, 4) is 27.9 Å². The number of aromatic nitrogens is 1. The monoisotopic (exact) mass is 445 g/mol. The number of fused-ring (bicyclic) bond motifs is 4. The molecule has 7 aromatic rings. The van der Waals surface area contributed by atoms with E-state index in [0.717, 1.165) is 0 Å². The van der Waals surface area contributed by atoms with Crippen molar-refractivity contribution in [1.82, 2.24) is 4.57 Å². The Labute approximate surface area is 204 Å². The van der Waals surface area contributed by atoms with Crippen LogP contribution in [0.1, 0.15) is 0 Å². The molecular weight excluding hydrogens is 422 g/mol. The third kappa shape index (κ3) is 3.17. The highest BCUT2D eigenvalue weighted by Crippen LogP contribution is 2.40. The minimum Gasteiger partial charge on any atom is -0.309 e. The molecular formula is C34H23N. The van der Waals surface area contributed by atoms with E-state index < -0.39 is 0 Å². The molecule has 0 radical (unpaired) electrons. The lowest BCUT2D eigenvalue weighted by molar-refractivity contribution is 1.18. The van der Waals surface area contributed by atoms with E-state index in [1.807, 2.05) is 0 Å². The highest BCUT2D eigenvalue weighted by Gasteiger charge is 2.17. The maximum absolute atomic E-state index is 2.43. The maximum atomic E-state index is 2.43. The van der Waals surface area contributed by atoms with Crippen molar-refractivity contribution in [2.45, 2.75) is 0 Å². The Morgan fingerprint density at radius 3 is 1.91 bits per heavy atom. The first kappa shape index (κ1) is 19.8. The molecule has 0 aliphatic carbocycles. The minimum atomic E-state index is 1.17. The van der Waals surface area contributed by atoms with Crippen molar-refractivity contribution in [2.75, 3.05) is 0 Å². The molecule has 7 rings (SSSR count). The summed E-state index contributed by atoms with van der Waals surface area (Å²) in [4.78, 5) is 0. The fraction of sp³-hybridized carbons (Fsp3) is 0. The molecule has 1 heterocycles. The predicted octanol–water partition coefficient (Wildman–Crippen LogP) is 9.27. The molecule has 0 saturated carbocycles. The molecule has 6 aromatic carbocycles. The van der Waals surface area contributed by atoms with Gasteiger partial charge >= 0.3 is 0 Å². The van der Waals surface area contributed by atoms with Gasteiger partial charge in [-0.15, -0.1) is 0 Å². The van der Waals surface area contributed by atoms with Gasteiger partial charge in [-0.2, -0.15) is 0 Å². The summed E-state index contributed by atoms with van der Waals surface area (Å²) in [6, 6.07) is 50.2. The molecule has 0 atom stereocenters. The minimum absolute atomic E-state index is 1.17. The van der Waals surface area contributed by atoms with Crippen LogP contribution in [0, 0.1) is 0 Å². The van der Waals surface area contributed by atoms with Crippen LogP contribution in [0.4, 0.5) is 0 Å². The first-order valence-electron chi connectivity index (χ1n) is 12.0. The van der Waals surface area contributed by atoms with Crippen LogP contribution in [0.15, 0.2) is 140 Å². The Hall–Kier alpha value is -4.62. The third-order valence-electron chi connectivity index (χ3n) is 6.99. The van der Waals surface area contributed by atoms with Gasteiger partial charge in [-0.05, 0) is 45.7 Å². The summed E-state index contributed by atoms with van der Waals surface area (Å²) in [5.74, 6) is 0. The fourth-order valence-corrected chi connectivity index (χ4v) is 5.41. The lowest BCUT2D eigenvalue weighted by atomic mass is 9.97. The van der Waals surface area contributed by atoms with Gasteiger partial charge in [0.15, 0.2) is 0 Å². The number of hydrogen-bond acceptors (Lipinski definition) is 0. The van der Waals surface area contributed by atoms with Crippen molar-refractivity contribution in [1.29, 1.82) is 0 Å². The van der Waals surface area contributed by atoms with Crippen molar-refractivity contribution in [2.24, 2.45) is 0 Å². The topological polar surface area (TPSA) is 4.93 Å². The van der Waals surface area contributed by atoms with Gasteiger partial charge in [-0.1, -0.05) is 121 Å². The van der Waals surface area contributed by atoms with Crippen molar-refractivity contribution in [3.05, 3.63) is 140 Å². The lowest BCUT2D eigenvalue weighted by Gasteiger charge is -2.12. The van der Waals surface area contributed by atoms with Crippen LogP contribution in [0.25, 0.3) is 60.5 Å². The molecule has 1 heteroatoms. The highest BCUT2D eigenvalue weighted by atomic mass is 15.0. The Balaban J connectivity index is 1.60. The Bertz CT molecular complexity index is 1820. The molecule has 0 spiro atoms. The van der Waals surface area contributed by atoms with Crippen molar-refractivity contribution in [3.63, 3.8) is 0 Å². The average molecular weight is 446 g/mol. The van der Waals surface area contributed by atoms with E-state index in [9.17, 15) is 0 Å². The summed E-state index contributed by atoms with van der Waals surface area (Å²) in [5.41, 5.74) is 8.61. The first-order valence-corrected chi connectivity index (χ1v) is 12.0. The van der Waals surface area contributed by atoms with E-state index in [2.05, 4.69) is 144 Å². The number of benzene rings is 6. The summed E-state index contributed by atoms with van der Waals surface area (Å²) < 4.78 is 2.43. The number of nitrogens with zero attached hydrogens (tertiary/aromatic N) is 1. The van der Waals surface area contributed by atoms with E-state index in [-0.39, 0.29) is 0 Å². The molecule has 0 unspecified atom stereocenters. The zero-order chi connectivity index (χ0) is 23.2. The summed E-state index contributed by atoms with van der Waals surface area (Å²) in [5, 5.41) is 5.09. The number of hydrogen-bond donors (Lipinski definition) is 0. The van der Waals surface area contributed by atoms with Crippen LogP contribution in [0.3, 0.4) is 0 Å². The average Bonchev–Trinajstić information content (AvgIpc) is 3.27. The van der Waals surface area contributed by atoms with Crippen LogP contribution in [-0.4, -0.2) is 4.57 Å². The Kier molecular flexibility index (Phi) is 4.53. The molecule has 35 heavy (non-hydrogen) atoms. The number of para-hydroxylation sites is 2. The van der Waals surface area contributed by atoms with Crippen molar-refractivity contribution >= 4 is 32.6 Å². The van der Waals surface area contributed by atoms with Gasteiger partial charge in [-0.25, -0.2) is 0 Å². The highest BCUT2D eigenvalue weighted by molar-refractivity contribution is 6.15. The van der Waals surface area contributed by atoms with Crippen LogP contribution >= 0.6 is 0 Å². The standard InChI is InChI=1S/C34H23N/c1-3-11-25(12-4-1)30-19-10-20-32-31-22-21-26(29-18-9-14-24-13-7-8-17-28(24)29)23-33(31)35(34(30)32)27-15-5-2-6-16-27/h1-23H. The molecule has 0 fully saturated rings. The van der Waals surface area contributed by atoms with Gasteiger partial charge in [0.1, 0.15) is 0 Å². The van der Waals surface area contributed by atoms with Crippen LogP contribution < -0.4 is 0 Å². The summed E-state index contributed by atoms with van der Waals surface area (Å²) in [6.07, 6.45) is 0. The van der Waals surface area contributed by atoms with Gasteiger partial charge in [0.05, 0.1) is 11.0 Å². The normalized spacial score (nSPS) is 11.4. The van der Waals surface area contributed by atoms with E-state index in [1.54, 1.807) is 0 Å². The van der Waals surface area contributed by atoms with E-state index >= 15 is 0 Å². The Morgan fingerprint density at radius 2 is 1.06 bits per heavy atom. The number of rotatable bonds is 3. The third-order valence-corrected chi connectivity index (χ3v) is 6.99. The molecule has 1 nitrogen and oxygen atoms in total. The molecule has 0 aliphatic rings. The second-order valence-corrected chi connectivity index (χ2v) is 9.00. The SMILES string of the molecule is c1ccc(-c2cccc3c4ccc(-c5cccc6ccccc56)cc4n(-c4ccccc4)c23)cc1. The van der Waals surface area contributed by atoms with E-state index in [0.29, 0.717) is 0 Å². The fourth-order valence-electron chi connectivity index (χ4n) is 5.41. The smallest absolute Gasteiger partial charge is 0.0619 e. The quantitative estimate of drug-likeness (QED) is 0.255. The summed E-state index contributed by atoms with van der Waals surface area (Å²) in [6.45, 7) is 0. The van der Waals surface area contributed by atoms with Gasteiger partial charge in [0.25, 0.3) is 0 Å². The molecule has 0 aliphatic heterocycles. The lowest BCUT2D eigenvalue weighted by Crippen LogP contribution is -1.95. The maximum Gasteiger partial charge on any atom is 0.0619 e. The predicted molar refractivity (Wildman–Crippen MR) is 149 cm³/mol. The van der Waals surface area contributed by atoms with Gasteiger partial charge in [0.2, 0.25) is 0 Å². The zero-order valence-electron chi connectivity index (χ0n) is 19.2. The van der Waals surface area contributed by atoms with Crippen LogP contribution in [0.2, 0.25) is 0 Å². The molecule has 0 amide bonds. The molecule has 0 saturated heterocycles. The van der Waals surface area contributed by atoms with Gasteiger partial charge in [-0.3, -0.25) is 0 Å². The summed E-state index contributed by atoms with van der Waals surface area (Å²) >= 11 is 0. The van der Waals surface area contributed by atoms with E-state index in [4.69, 9.17) is 0 Å². The first-order chi connectivity index (χ1) is 17.4. The molecule has 1 aromatic heterocycles. The van der Waals surface area contributed by atoms with Gasteiger partial charge < -0.3 is 4.57 Å². The van der Waals surface area contributed by atoms with Gasteiger partial charge in [0, 0.05) is 22.0 Å². The largest absolute Gasteiger partial charge is 0.309 e. The van der Waals surface area contributed by atoms with E-state index in [1.165, 1.54) is 60.5 Å². The second-order valence-electron chi connectivity index (χ2n) is 9.00. The molecule has 164 valence electrons. The Morgan fingerprint density at radius 1 is 0.400 bits per heavy atom. The van der Waals surface area contributed by atoms with Crippen LogP contribution in [0.5, 0.6) is 0 Å². The second kappa shape index (κ2) is 8.00. The molecule has 0 N–H and O–H groups in total. The summed E-state index contributed by atoms with van der Waals surface area (Å²) in [7, 11) is 0. The van der Waals surface area contributed by atoms with Crippen molar-refractivity contribution < 1.29 is 0 Å². The molecule has 0 bridgehead atoms. The van der Waals surface area contributed by atoms with Crippen LogP contribution in [-0.2, 0) is 0 Å².